The van der Waals surface area contributed by atoms with E-state index in [1.54, 1.807) is 0 Å². The van der Waals surface area contributed by atoms with E-state index in [1.807, 2.05) is 56.3 Å². The van der Waals surface area contributed by atoms with Crippen molar-refractivity contribution in [2.24, 2.45) is 10.7 Å². The lowest BCUT2D eigenvalue weighted by molar-refractivity contribution is 0.229. The number of ether oxygens (including phenoxy) is 1. The van der Waals surface area contributed by atoms with Gasteiger partial charge in [-0.25, -0.2) is 4.99 Å². The Morgan fingerprint density at radius 2 is 1.83 bits per heavy atom. The zero-order valence-electron chi connectivity index (χ0n) is 13.8. The van der Waals surface area contributed by atoms with Crippen LogP contribution in [0.25, 0.3) is 0 Å². The molecule has 0 aliphatic rings. The Hall–Kier alpha value is -2.49. The second kappa shape index (κ2) is 8.83. The van der Waals surface area contributed by atoms with Crippen LogP contribution in [-0.4, -0.2) is 25.2 Å². The summed E-state index contributed by atoms with van der Waals surface area (Å²) in [4.78, 5) is 4.34. The number of aliphatic imine (C=N–C) groups is 1. The largest absolute Gasteiger partial charge is 0.489 e. The highest BCUT2D eigenvalue weighted by Gasteiger charge is 2.05. The van der Waals surface area contributed by atoms with Gasteiger partial charge in [0, 0.05) is 6.54 Å². The molecule has 0 aromatic heterocycles. The molecule has 23 heavy (non-hydrogen) atoms. The fourth-order valence-electron chi connectivity index (χ4n) is 2.21. The standard InChI is InChI=1S/C19H25N3O/c1-15-8-6-7-11-18(15)23-16(2)14-22-19(20)21-13-12-17-9-4-3-5-10-17/h3-11,16H,12-14H2,1-2H3,(H3,20,21,22). The molecule has 0 aliphatic carbocycles. The van der Waals surface area contributed by atoms with Gasteiger partial charge in [0.2, 0.25) is 0 Å². The minimum Gasteiger partial charge on any atom is -0.489 e. The van der Waals surface area contributed by atoms with E-state index in [1.165, 1.54) is 5.56 Å². The number of benzene rings is 2. The first-order valence-electron chi connectivity index (χ1n) is 7.95. The predicted molar refractivity (Wildman–Crippen MR) is 95.9 cm³/mol. The summed E-state index contributed by atoms with van der Waals surface area (Å²) in [5.41, 5.74) is 8.30. The first-order valence-corrected chi connectivity index (χ1v) is 7.95. The van der Waals surface area contributed by atoms with Crippen LogP contribution in [0.1, 0.15) is 18.1 Å². The third-order valence-electron chi connectivity index (χ3n) is 3.50. The highest BCUT2D eigenvalue weighted by molar-refractivity contribution is 5.77. The summed E-state index contributed by atoms with van der Waals surface area (Å²) in [6, 6.07) is 18.3. The second-order valence-corrected chi connectivity index (χ2v) is 5.58. The van der Waals surface area contributed by atoms with Crippen molar-refractivity contribution in [1.29, 1.82) is 0 Å². The van der Waals surface area contributed by atoms with Crippen molar-refractivity contribution in [3.8, 4) is 5.75 Å². The van der Waals surface area contributed by atoms with Gasteiger partial charge < -0.3 is 15.8 Å². The summed E-state index contributed by atoms with van der Waals surface area (Å²) < 4.78 is 5.88. The van der Waals surface area contributed by atoms with Crippen LogP contribution in [0.2, 0.25) is 0 Å². The molecule has 0 saturated heterocycles. The Bertz CT molecular complexity index is 626. The summed E-state index contributed by atoms with van der Waals surface area (Å²) >= 11 is 0. The lowest BCUT2D eigenvalue weighted by atomic mass is 10.1. The van der Waals surface area contributed by atoms with E-state index in [4.69, 9.17) is 10.5 Å². The predicted octanol–water partition coefficient (Wildman–Crippen LogP) is 2.91. The van der Waals surface area contributed by atoms with E-state index in [-0.39, 0.29) is 6.10 Å². The van der Waals surface area contributed by atoms with Crippen molar-refractivity contribution < 1.29 is 4.74 Å². The quantitative estimate of drug-likeness (QED) is 0.610. The molecule has 2 aromatic carbocycles. The molecule has 4 nitrogen and oxygen atoms in total. The number of para-hydroxylation sites is 1. The maximum atomic E-state index is 5.89. The number of hydrogen-bond donors (Lipinski definition) is 2. The van der Waals surface area contributed by atoms with Gasteiger partial charge in [0.25, 0.3) is 0 Å². The third kappa shape index (κ3) is 6.02. The first-order chi connectivity index (χ1) is 11.1. The molecule has 122 valence electrons. The molecular weight excluding hydrogens is 286 g/mol. The zero-order valence-corrected chi connectivity index (χ0v) is 13.8. The monoisotopic (exact) mass is 311 g/mol. The highest BCUT2D eigenvalue weighted by atomic mass is 16.5. The molecule has 0 radical (unpaired) electrons. The molecule has 0 bridgehead atoms. The van der Waals surface area contributed by atoms with Crippen LogP contribution in [0.5, 0.6) is 5.75 Å². The molecule has 2 rings (SSSR count). The van der Waals surface area contributed by atoms with Crippen LogP contribution in [0.15, 0.2) is 59.6 Å². The summed E-state index contributed by atoms with van der Waals surface area (Å²) in [7, 11) is 0. The van der Waals surface area contributed by atoms with Gasteiger partial charge in [-0.1, -0.05) is 48.5 Å². The number of nitrogens with two attached hydrogens (primary N) is 1. The van der Waals surface area contributed by atoms with Crippen LogP contribution >= 0.6 is 0 Å². The number of nitrogens with zero attached hydrogens (tertiary/aromatic N) is 1. The topological polar surface area (TPSA) is 59.6 Å². The number of rotatable bonds is 7. The lowest BCUT2D eigenvalue weighted by Crippen LogP contribution is -2.34. The van der Waals surface area contributed by atoms with E-state index in [0.29, 0.717) is 12.5 Å². The van der Waals surface area contributed by atoms with Gasteiger partial charge in [0.15, 0.2) is 5.96 Å². The smallest absolute Gasteiger partial charge is 0.188 e. The molecule has 4 heteroatoms. The number of guanidine groups is 1. The van der Waals surface area contributed by atoms with Gasteiger partial charge in [-0.15, -0.1) is 0 Å². The van der Waals surface area contributed by atoms with Gasteiger partial charge in [0.1, 0.15) is 11.9 Å². The van der Waals surface area contributed by atoms with Crippen molar-refractivity contribution in [3.63, 3.8) is 0 Å². The van der Waals surface area contributed by atoms with Crippen LogP contribution in [0.4, 0.5) is 0 Å². The average molecular weight is 311 g/mol. The Morgan fingerprint density at radius 1 is 1.13 bits per heavy atom. The molecule has 1 unspecified atom stereocenters. The molecule has 0 saturated carbocycles. The van der Waals surface area contributed by atoms with E-state index < -0.39 is 0 Å². The van der Waals surface area contributed by atoms with Gasteiger partial charge in [-0.3, -0.25) is 0 Å². The van der Waals surface area contributed by atoms with Crippen LogP contribution < -0.4 is 15.8 Å². The summed E-state index contributed by atoms with van der Waals surface area (Å²) in [6.45, 7) is 5.32. The number of hydrogen-bond acceptors (Lipinski definition) is 2. The van der Waals surface area contributed by atoms with Crippen molar-refractivity contribution in [2.75, 3.05) is 13.1 Å². The van der Waals surface area contributed by atoms with Crippen molar-refractivity contribution in [2.45, 2.75) is 26.4 Å². The maximum Gasteiger partial charge on any atom is 0.188 e. The van der Waals surface area contributed by atoms with Crippen molar-refractivity contribution in [3.05, 3.63) is 65.7 Å². The summed E-state index contributed by atoms with van der Waals surface area (Å²) in [5, 5.41) is 3.13. The molecule has 0 fully saturated rings. The Labute approximate surface area is 138 Å². The second-order valence-electron chi connectivity index (χ2n) is 5.58. The lowest BCUT2D eigenvalue weighted by Gasteiger charge is -2.15. The van der Waals surface area contributed by atoms with E-state index >= 15 is 0 Å². The minimum atomic E-state index is -0.0226. The number of nitrogens with one attached hydrogen (secondary N) is 1. The molecular formula is C19H25N3O. The van der Waals surface area contributed by atoms with Crippen LogP contribution in [0.3, 0.4) is 0 Å². The van der Waals surface area contributed by atoms with Crippen molar-refractivity contribution in [1.82, 2.24) is 5.32 Å². The number of aryl methyl sites for hydroxylation is 1. The minimum absolute atomic E-state index is 0.0226. The molecule has 0 spiro atoms. The fourth-order valence-corrected chi connectivity index (χ4v) is 2.21. The van der Waals surface area contributed by atoms with Gasteiger partial charge in [-0.2, -0.15) is 0 Å². The van der Waals surface area contributed by atoms with Crippen molar-refractivity contribution >= 4 is 5.96 Å². The SMILES string of the molecule is Cc1ccccc1OC(C)CN=C(N)NCCc1ccccc1. The fraction of sp³-hybridized carbons (Fsp3) is 0.316. The normalized spacial score (nSPS) is 12.7. The van der Waals surface area contributed by atoms with E-state index in [2.05, 4.69) is 22.4 Å². The molecule has 0 heterocycles. The summed E-state index contributed by atoms with van der Waals surface area (Å²) in [6.07, 6.45) is 0.900. The Kier molecular flexibility index (Phi) is 6.48. The highest BCUT2D eigenvalue weighted by Crippen LogP contribution is 2.17. The average Bonchev–Trinajstić information content (AvgIpc) is 2.56. The zero-order chi connectivity index (χ0) is 16.5. The van der Waals surface area contributed by atoms with Crippen LogP contribution in [0, 0.1) is 6.92 Å². The molecule has 0 amide bonds. The Morgan fingerprint density at radius 3 is 2.57 bits per heavy atom. The molecule has 0 aliphatic heterocycles. The van der Waals surface area contributed by atoms with E-state index in [0.717, 1.165) is 24.3 Å². The third-order valence-corrected chi connectivity index (χ3v) is 3.50. The van der Waals surface area contributed by atoms with Gasteiger partial charge in [0.05, 0.1) is 6.54 Å². The van der Waals surface area contributed by atoms with Gasteiger partial charge in [-0.05, 0) is 37.5 Å². The van der Waals surface area contributed by atoms with Gasteiger partial charge >= 0.3 is 0 Å². The maximum absolute atomic E-state index is 5.89. The Balaban J connectivity index is 1.72. The molecule has 3 N–H and O–H groups in total. The van der Waals surface area contributed by atoms with E-state index in [9.17, 15) is 0 Å². The van der Waals surface area contributed by atoms with Crippen LogP contribution in [-0.2, 0) is 6.42 Å². The molecule has 1 atom stereocenters. The first kappa shape index (κ1) is 16.9. The summed E-state index contributed by atoms with van der Waals surface area (Å²) in [5.74, 6) is 1.35. The molecule has 2 aromatic rings.